The molecule has 0 saturated heterocycles. The van der Waals surface area contributed by atoms with E-state index in [4.69, 9.17) is 9.47 Å². The quantitative estimate of drug-likeness (QED) is 0.359. The Morgan fingerprint density at radius 1 is 1.38 bits per heavy atom. The Kier molecular flexibility index (Phi) is 9.39. The van der Waals surface area contributed by atoms with E-state index in [0.717, 1.165) is 5.75 Å². The number of carbonyl (C=O) groups excluding carboxylic acids is 1. The average molecular weight is 385 g/mol. The topological polar surface area (TPSA) is 105 Å². The highest BCUT2D eigenvalue weighted by Crippen LogP contribution is 2.26. The molecule has 0 aliphatic rings. The lowest BCUT2D eigenvalue weighted by Crippen LogP contribution is -2.33. The number of aliphatic imine (C=N–C) groups is 1. The number of nitrogens with one attached hydrogen (secondary N) is 2. The molecule has 1 rings (SSSR count). The van der Waals surface area contributed by atoms with Crippen LogP contribution in [0.25, 0.3) is 0 Å². The second-order valence-corrected chi connectivity index (χ2v) is 6.99. The summed E-state index contributed by atoms with van der Waals surface area (Å²) in [6.45, 7) is 9.03. The number of methoxy groups -OCH3 is 1. The molecular weight excluding hydrogens is 356 g/mol. The lowest BCUT2D eigenvalue weighted by Gasteiger charge is -2.16. The first kappa shape index (κ1) is 22.2. The van der Waals surface area contributed by atoms with Crippen molar-refractivity contribution in [1.82, 2.24) is 10.3 Å². The van der Waals surface area contributed by atoms with Gasteiger partial charge in [0.25, 0.3) is 0 Å². The van der Waals surface area contributed by atoms with Crippen LogP contribution in [0.4, 0.5) is 10.5 Å². The van der Waals surface area contributed by atoms with Gasteiger partial charge in [-0.15, -0.1) is 11.8 Å². The zero-order chi connectivity index (χ0) is 19.7. The Bertz CT molecular complexity index is 623. The van der Waals surface area contributed by atoms with E-state index < -0.39 is 12.3 Å². The highest BCUT2D eigenvalue weighted by Gasteiger charge is 2.16. The van der Waals surface area contributed by atoms with Crippen molar-refractivity contribution in [3.63, 3.8) is 0 Å². The predicted octanol–water partition coefficient (Wildman–Crippen LogP) is 2.82. The molecular formula is C17H28N4O4S. The van der Waals surface area contributed by atoms with Crippen LogP contribution >= 0.6 is 11.8 Å². The molecule has 26 heavy (non-hydrogen) atoms. The maximum absolute atomic E-state index is 11.7. The summed E-state index contributed by atoms with van der Waals surface area (Å²) in [5.41, 5.74) is 1.04. The van der Waals surface area contributed by atoms with Crippen LogP contribution < -0.4 is 15.4 Å². The van der Waals surface area contributed by atoms with Gasteiger partial charge in [-0.1, -0.05) is 6.92 Å². The van der Waals surface area contributed by atoms with Crippen LogP contribution in [0.3, 0.4) is 0 Å². The van der Waals surface area contributed by atoms with Gasteiger partial charge in [-0.3, -0.25) is 15.6 Å². The zero-order valence-electron chi connectivity index (χ0n) is 16.1. The Morgan fingerprint density at radius 3 is 2.62 bits per heavy atom. The van der Waals surface area contributed by atoms with Crippen LogP contribution in [-0.4, -0.2) is 52.6 Å². The van der Waals surface area contributed by atoms with E-state index in [1.807, 2.05) is 13.8 Å². The third-order valence-corrected chi connectivity index (χ3v) is 3.80. The molecule has 1 amide bonds. The average Bonchev–Trinajstić information content (AvgIpc) is 2.52. The van der Waals surface area contributed by atoms with Crippen molar-refractivity contribution in [2.45, 2.75) is 53.1 Å². The minimum atomic E-state index is -0.671. The summed E-state index contributed by atoms with van der Waals surface area (Å²) in [4.78, 5) is 20.7. The predicted molar refractivity (Wildman–Crippen MR) is 105 cm³/mol. The number of pyridine rings is 1. The summed E-state index contributed by atoms with van der Waals surface area (Å²) in [5, 5.41) is 15.6. The van der Waals surface area contributed by atoms with Gasteiger partial charge >= 0.3 is 6.09 Å². The molecule has 0 fully saturated rings. The van der Waals surface area contributed by atoms with Gasteiger partial charge in [0.15, 0.2) is 0 Å². The summed E-state index contributed by atoms with van der Waals surface area (Å²) < 4.78 is 10.5. The summed E-state index contributed by atoms with van der Waals surface area (Å²) in [6.07, 6.45) is -0.211. The largest absolute Gasteiger partial charge is 0.494 e. The highest BCUT2D eigenvalue weighted by molar-refractivity contribution is 8.14. The molecule has 3 N–H and O–H groups in total. The fourth-order valence-corrected chi connectivity index (χ4v) is 2.85. The van der Waals surface area contributed by atoms with Crippen molar-refractivity contribution >= 4 is 28.6 Å². The van der Waals surface area contributed by atoms with E-state index in [1.165, 1.54) is 25.1 Å². The van der Waals surface area contributed by atoms with Crippen LogP contribution in [-0.2, 0) is 4.74 Å². The monoisotopic (exact) mass is 384 g/mol. The maximum Gasteiger partial charge on any atom is 0.411 e. The highest BCUT2D eigenvalue weighted by atomic mass is 32.2. The van der Waals surface area contributed by atoms with Crippen LogP contribution in [0.15, 0.2) is 17.3 Å². The second-order valence-electron chi connectivity index (χ2n) is 5.74. The summed E-state index contributed by atoms with van der Waals surface area (Å²) in [5.74, 6) is 1.28. The molecule has 0 saturated carbocycles. The van der Waals surface area contributed by atoms with Gasteiger partial charge in [0.1, 0.15) is 22.7 Å². The number of hydrogen-bond acceptors (Lipinski definition) is 8. The third kappa shape index (κ3) is 7.59. The van der Waals surface area contributed by atoms with E-state index in [1.54, 1.807) is 26.8 Å². The van der Waals surface area contributed by atoms with Gasteiger partial charge in [-0.05, 0) is 33.4 Å². The molecule has 0 aliphatic carbocycles. The fraction of sp³-hybridized carbons (Fsp3) is 0.588. The first-order valence-corrected chi connectivity index (χ1v) is 9.42. The maximum atomic E-state index is 11.7. The van der Waals surface area contributed by atoms with Crippen molar-refractivity contribution in [2.75, 3.05) is 18.2 Å². The molecule has 2 unspecified atom stereocenters. The Morgan fingerprint density at radius 2 is 2.08 bits per heavy atom. The Hall–Kier alpha value is -1.84. The Balaban J connectivity index is 3.08. The summed E-state index contributed by atoms with van der Waals surface area (Å²) >= 11 is 1.52. The van der Waals surface area contributed by atoms with E-state index in [2.05, 4.69) is 20.6 Å². The van der Waals surface area contributed by atoms with Crippen LogP contribution in [0.1, 0.15) is 40.3 Å². The molecule has 1 aromatic heterocycles. The minimum absolute atomic E-state index is 0.216. The second kappa shape index (κ2) is 11.0. The van der Waals surface area contributed by atoms with Gasteiger partial charge in [0.05, 0.1) is 31.3 Å². The number of rotatable bonds is 8. The summed E-state index contributed by atoms with van der Waals surface area (Å²) in [6, 6.07) is 1.67. The molecule has 2 atom stereocenters. The SMILES string of the molecule is CCS/C(=N\C(C)NC(C)O)c1ncc(NC(=O)OC(C)C)cc1OC. The molecule has 9 heteroatoms. The zero-order valence-corrected chi connectivity index (χ0v) is 16.9. The normalized spacial score (nSPS) is 14.1. The van der Waals surface area contributed by atoms with Crippen molar-refractivity contribution in [2.24, 2.45) is 4.99 Å². The van der Waals surface area contributed by atoms with Crippen LogP contribution in [0.5, 0.6) is 5.75 Å². The number of carbonyl (C=O) groups is 1. The van der Waals surface area contributed by atoms with E-state index in [-0.39, 0.29) is 12.3 Å². The number of aliphatic hydroxyl groups is 1. The van der Waals surface area contributed by atoms with Gasteiger partial charge in [0, 0.05) is 6.07 Å². The third-order valence-electron chi connectivity index (χ3n) is 2.94. The molecule has 146 valence electrons. The number of aromatic nitrogens is 1. The molecule has 0 aliphatic heterocycles. The van der Waals surface area contributed by atoms with Crippen molar-refractivity contribution < 1.29 is 19.4 Å². The number of aliphatic hydroxyl groups excluding tert-OH is 1. The van der Waals surface area contributed by atoms with Crippen molar-refractivity contribution in [3.05, 3.63) is 18.0 Å². The lowest BCUT2D eigenvalue weighted by atomic mass is 10.3. The number of thioether (sulfide) groups is 1. The van der Waals surface area contributed by atoms with E-state index >= 15 is 0 Å². The smallest absolute Gasteiger partial charge is 0.411 e. The number of nitrogens with zero attached hydrogens (tertiary/aromatic N) is 2. The molecule has 0 aromatic carbocycles. The number of amides is 1. The van der Waals surface area contributed by atoms with Crippen molar-refractivity contribution in [3.8, 4) is 5.75 Å². The standard InChI is InChI=1S/C17H28N4O4S/c1-7-26-16(20-11(4)19-12(5)22)15-14(24-6)8-13(9-18-15)21-17(23)25-10(2)3/h8-12,19,22H,7H2,1-6H3,(H,21,23)/b20-16-. The van der Waals surface area contributed by atoms with E-state index in [0.29, 0.717) is 22.2 Å². The van der Waals surface area contributed by atoms with Gasteiger partial charge in [-0.25, -0.2) is 9.78 Å². The lowest BCUT2D eigenvalue weighted by molar-refractivity contribution is 0.130. The Labute approximate surface area is 158 Å². The molecule has 0 bridgehead atoms. The first-order valence-electron chi connectivity index (χ1n) is 8.43. The number of ether oxygens (including phenoxy) is 2. The summed E-state index contributed by atoms with van der Waals surface area (Å²) in [7, 11) is 1.53. The first-order chi connectivity index (χ1) is 12.3. The minimum Gasteiger partial charge on any atom is -0.494 e. The van der Waals surface area contributed by atoms with Crippen LogP contribution in [0.2, 0.25) is 0 Å². The molecule has 1 heterocycles. The molecule has 0 radical (unpaired) electrons. The fourth-order valence-electron chi connectivity index (χ4n) is 2.06. The molecule has 1 aromatic rings. The molecule has 8 nitrogen and oxygen atoms in total. The van der Waals surface area contributed by atoms with Gasteiger partial charge in [-0.2, -0.15) is 0 Å². The van der Waals surface area contributed by atoms with E-state index in [9.17, 15) is 9.90 Å². The number of hydrogen-bond donors (Lipinski definition) is 3. The van der Waals surface area contributed by atoms with Crippen molar-refractivity contribution in [1.29, 1.82) is 0 Å². The van der Waals surface area contributed by atoms with Gasteiger partial charge < -0.3 is 14.6 Å². The number of anilines is 1. The van der Waals surface area contributed by atoms with Gasteiger partial charge in [0.2, 0.25) is 0 Å². The molecule has 0 spiro atoms. The van der Waals surface area contributed by atoms with Crippen LogP contribution in [0, 0.1) is 0 Å².